The SMILES string of the molecule is CC(C)n1cnc(C(=O)N2C[C@@H]3C(c4nnc5ccccn45)[C@@H]3C2)c1. The van der Waals surface area contributed by atoms with E-state index in [1.54, 1.807) is 6.33 Å². The maximum absolute atomic E-state index is 12.7. The van der Waals surface area contributed by atoms with E-state index in [0.717, 1.165) is 24.6 Å². The van der Waals surface area contributed by atoms with Gasteiger partial charge >= 0.3 is 0 Å². The lowest BCUT2D eigenvalue weighted by Crippen LogP contribution is -2.31. The van der Waals surface area contributed by atoms with Gasteiger partial charge in [0.1, 0.15) is 11.5 Å². The van der Waals surface area contributed by atoms with Gasteiger partial charge in [-0.2, -0.15) is 0 Å². The zero-order chi connectivity index (χ0) is 17.1. The number of carbonyl (C=O) groups is 1. The Bertz CT molecular complexity index is 945. The highest BCUT2D eigenvalue weighted by molar-refractivity contribution is 5.92. The van der Waals surface area contributed by atoms with Crippen molar-refractivity contribution in [3.05, 3.63) is 48.4 Å². The summed E-state index contributed by atoms with van der Waals surface area (Å²) in [5.41, 5.74) is 1.43. The highest BCUT2D eigenvalue weighted by atomic mass is 16.2. The molecule has 1 unspecified atom stereocenters. The molecule has 7 heteroatoms. The minimum absolute atomic E-state index is 0.0384. The van der Waals surface area contributed by atoms with Crippen molar-refractivity contribution in [1.82, 2.24) is 29.0 Å². The van der Waals surface area contributed by atoms with Crippen molar-refractivity contribution in [2.45, 2.75) is 25.8 Å². The van der Waals surface area contributed by atoms with Crippen LogP contribution in [0.3, 0.4) is 0 Å². The molecule has 4 heterocycles. The maximum atomic E-state index is 12.7. The number of hydrogen-bond donors (Lipinski definition) is 0. The van der Waals surface area contributed by atoms with E-state index in [4.69, 9.17) is 0 Å². The Balaban J connectivity index is 1.31. The summed E-state index contributed by atoms with van der Waals surface area (Å²) in [5.74, 6) is 2.46. The summed E-state index contributed by atoms with van der Waals surface area (Å²) in [6.45, 7) is 5.72. The van der Waals surface area contributed by atoms with E-state index in [0.29, 0.717) is 29.5 Å². The van der Waals surface area contributed by atoms with Crippen molar-refractivity contribution < 1.29 is 4.79 Å². The average Bonchev–Trinajstić information content (AvgIpc) is 3.11. The van der Waals surface area contributed by atoms with Gasteiger partial charge in [-0.05, 0) is 37.8 Å². The third-order valence-electron chi connectivity index (χ3n) is 5.54. The van der Waals surface area contributed by atoms with E-state index >= 15 is 0 Å². The minimum atomic E-state index is 0.0384. The third kappa shape index (κ3) is 2.18. The molecule has 1 saturated carbocycles. The Morgan fingerprint density at radius 3 is 2.72 bits per heavy atom. The molecule has 1 saturated heterocycles. The van der Waals surface area contributed by atoms with Gasteiger partial charge in [0.2, 0.25) is 0 Å². The van der Waals surface area contributed by atoms with Gasteiger partial charge in [-0.25, -0.2) is 4.98 Å². The molecule has 3 aromatic rings. The van der Waals surface area contributed by atoms with Gasteiger partial charge in [0.05, 0.1) is 6.33 Å². The lowest BCUT2D eigenvalue weighted by molar-refractivity contribution is 0.0767. The Morgan fingerprint density at radius 2 is 2.00 bits per heavy atom. The molecule has 1 amide bonds. The Kier molecular flexibility index (Phi) is 3.01. The van der Waals surface area contributed by atoms with Crippen molar-refractivity contribution in [2.24, 2.45) is 11.8 Å². The monoisotopic (exact) mass is 336 g/mol. The molecular formula is C18H20N6O. The van der Waals surface area contributed by atoms with Crippen LogP contribution in [0, 0.1) is 11.8 Å². The van der Waals surface area contributed by atoms with Gasteiger partial charge in [-0.1, -0.05) is 6.07 Å². The van der Waals surface area contributed by atoms with E-state index in [2.05, 4.69) is 33.4 Å². The highest BCUT2D eigenvalue weighted by Crippen LogP contribution is 2.57. The van der Waals surface area contributed by atoms with Gasteiger partial charge in [0.15, 0.2) is 5.65 Å². The molecule has 2 aliphatic rings. The van der Waals surface area contributed by atoms with Crippen LogP contribution >= 0.6 is 0 Å². The molecule has 0 bridgehead atoms. The number of piperidine rings is 1. The molecular weight excluding hydrogens is 316 g/mol. The highest BCUT2D eigenvalue weighted by Gasteiger charge is 2.59. The molecule has 1 aliphatic heterocycles. The van der Waals surface area contributed by atoms with Gasteiger partial charge in [-0.15, -0.1) is 10.2 Å². The molecule has 5 rings (SSSR count). The number of likely N-dealkylation sites (tertiary alicyclic amines) is 1. The smallest absolute Gasteiger partial charge is 0.274 e. The number of pyridine rings is 1. The number of hydrogen-bond acceptors (Lipinski definition) is 4. The largest absolute Gasteiger partial charge is 0.337 e. The van der Waals surface area contributed by atoms with E-state index in [-0.39, 0.29) is 5.91 Å². The van der Waals surface area contributed by atoms with E-state index in [9.17, 15) is 4.79 Å². The number of rotatable bonds is 3. The normalized spacial score (nSPS) is 24.9. The second-order valence-corrected chi connectivity index (χ2v) is 7.35. The summed E-state index contributed by atoms with van der Waals surface area (Å²) in [6, 6.07) is 6.25. The standard InChI is InChI=1S/C18H20N6O/c1-11(2)23-9-14(19-10-23)18(25)22-7-12-13(8-22)16(12)17-21-20-15-5-3-4-6-24(15)17/h3-6,9-13,16H,7-8H2,1-2H3/t12-,13+,16?. The second-order valence-electron chi connectivity index (χ2n) is 7.35. The summed E-state index contributed by atoms with van der Waals surface area (Å²) in [6.07, 6.45) is 5.60. The van der Waals surface area contributed by atoms with E-state index < -0.39 is 0 Å². The predicted molar refractivity (Wildman–Crippen MR) is 91.2 cm³/mol. The lowest BCUT2D eigenvalue weighted by Gasteiger charge is -2.18. The van der Waals surface area contributed by atoms with Crippen molar-refractivity contribution in [2.75, 3.05) is 13.1 Å². The zero-order valence-electron chi connectivity index (χ0n) is 14.3. The van der Waals surface area contributed by atoms with Crippen molar-refractivity contribution in [1.29, 1.82) is 0 Å². The molecule has 7 nitrogen and oxygen atoms in total. The fourth-order valence-corrected chi connectivity index (χ4v) is 4.05. The predicted octanol–water partition coefficient (Wildman–Crippen LogP) is 1.99. The van der Waals surface area contributed by atoms with E-state index in [1.165, 1.54) is 0 Å². The molecule has 128 valence electrons. The number of carbonyl (C=O) groups excluding carboxylic acids is 1. The number of fused-ring (bicyclic) bond motifs is 2. The van der Waals surface area contributed by atoms with Crippen molar-refractivity contribution in [3.8, 4) is 0 Å². The first-order valence-electron chi connectivity index (χ1n) is 8.76. The minimum Gasteiger partial charge on any atom is -0.337 e. The van der Waals surface area contributed by atoms with Crippen LogP contribution in [-0.4, -0.2) is 48.0 Å². The first-order chi connectivity index (χ1) is 12.1. The molecule has 0 N–H and O–H groups in total. The summed E-state index contributed by atoms with van der Waals surface area (Å²) in [7, 11) is 0. The number of amides is 1. The molecule has 1 aliphatic carbocycles. The van der Waals surface area contributed by atoms with Gasteiger partial charge in [0, 0.05) is 37.4 Å². The number of nitrogens with zero attached hydrogens (tertiary/aromatic N) is 6. The second kappa shape index (κ2) is 5.15. The molecule has 0 aromatic carbocycles. The molecule has 3 aromatic heterocycles. The molecule has 3 atom stereocenters. The molecule has 0 spiro atoms. The van der Waals surface area contributed by atoms with Gasteiger partial charge < -0.3 is 9.47 Å². The Labute approximate surface area is 145 Å². The number of imidazole rings is 1. The van der Waals surface area contributed by atoms with Crippen LogP contribution in [0.1, 0.15) is 42.1 Å². The Morgan fingerprint density at radius 1 is 1.20 bits per heavy atom. The van der Waals surface area contributed by atoms with Crippen LogP contribution in [0.4, 0.5) is 0 Å². The Hall–Kier alpha value is -2.70. The average molecular weight is 336 g/mol. The topological polar surface area (TPSA) is 68.3 Å². The van der Waals surface area contributed by atoms with Crippen LogP contribution in [0.25, 0.3) is 5.65 Å². The molecule has 25 heavy (non-hydrogen) atoms. The summed E-state index contributed by atoms with van der Waals surface area (Å²) in [4.78, 5) is 18.9. The molecule has 2 fully saturated rings. The van der Waals surface area contributed by atoms with Crippen LogP contribution in [-0.2, 0) is 0 Å². The summed E-state index contributed by atoms with van der Waals surface area (Å²) in [5, 5.41) is 8.63. The summed E-state index contributed by atoms with van der Waals surface area (Å²) < 4.78 is 4.04. The first kappa shape index (κ1) is 14.6. The van der Waals surface area contributed by atoms with Crippen LogP contribution in [0.5, 0.6) is 0 Å². The molecule has 0 radical (unpaired) electrons. The summed E-state index contributed by atoms with van der Waals surface area (Å²) >= 11 is 0. The maximum Gasteiger partial charge on any atom is 0.274 e. The van der Waals surface area contributed by atoms with Crippen molar-refractivity contribution >= 4 is 11.6 Å². The van der Waals surface area contributed by atoms with Crippen LogP contribution in [0.2, 0.25) is 0 Å². The quantitative estimate of drug-likeness (QED) is 0.733. The fourth-order valence-electron chi connectivity index (χ4n) is 4.05. The third-order valence-corrected chi connectivity index (χ3v) is 5.54. The van der Waals surface area contributed by atoms with Gasteiger partial charge in [-0.3, -0.25) is 9.20 Å². The van der Waals surface area contributed by atoms with E-state index in [1.807, 2.05) is 40.1 Å². The number of aromatic nitrogens is 5. The first-order valence-corrected chi connectivity index (χ1v) is 8.76. The zero-order valence-corrected chi connectivity index (χ0v) is 14.3. The fraction of sp³-hybridized carbons (Fsp3) is 0.444. The van der Waals surface area contributed by atoms with Gasteiger partial charge in [0.25, 0.3) is 5.91 Å². The lowest BCUT2D eigenvalue weighted by atomic mass is 10.2. The van der Waals surface area contributed by atoms with Crippen LogP contribution < -0.4 is 0 Å². The van der Waals surface area contributed by atoms with Crippen LogP contribution in [0.15, 0.2) is 36.9 Å². The van der Waals surface area contributed by atoms with Crippen molar-refractivity contribution in [3.63, 3.8) is 0 Å².